The first-order valence-corrected chi connectivity index (χ1v) is 8.97. The Labute approximate surface area is 106 Å². The molecule has 0 spiro atoms. The predicted molar refractivity (Wildman–Crippen MR) is 71.3 cm³/mol. The van der Waals surface area contributed by atoms with Gasteiger partial charge in [-0.2, -0.15) is 0 Å². The van der Waals surface area contributed by atoms with Crippen molar-refractivity contribution in [1.82, 2.24) is 10.0 Å². The molecule has 2 N–H and O–H groups in total. The van der Waals surface area contributed by atoms with Crippen LogP contribution in [-0.2, 0) is 0 Å². The van der Waals surface area contributed by atoms with Gasteiger partial charge in [0.15, 0.2) is 0 Å². The molecule has 0 aromatic carbocycles. The quantitative estimate of drug-likeness (QED) is 0.514. The Morgan fingerprint density at radius 1 is 0.875 bits per heavy atom. The van der Waals surface area contributed by atoms with E-state index >= 15 is 0 Å². The van der Waals surface area contributed by atoms with Crippen molar-refractivity contribution in [3.8, 4) is 0 Å². The third-order valence-electron chi connectivity index (χ3n) is 5.15. The second-order valence-corrected chi connectivity index (χ2v) is 8.18. The molecule has 4 fully saturated rings. The van der Waals surface area contributed by atoms with E-state index in [1.165, 1.54) is 38.5 Å². The fourth-order valence-corrected chi connectivity index (χ4v) is 7.19. The highest BCUT2D eigenvalue weighted by atomic mass is 33.1. The summed E-state index contributed by atoms with van der Waals surface area (Å²) in [5.41, 5.74) is 0. The van der Waals surface area contributed by atoms with Crippen molar-refractivity contribution >= 4 is 21.8 Å². The molecule has 0 aromatic rings. The van der Waals surface area contributed by atoms with Gasteiger partial charge in [0.2, 0.25) is 0 Å². The van der Waals surface area contributed by atoms with E-state index in [1.807, 2.05) is 11.0 Å². The summed E-state index contributed by atoms with van der Waals surface area (Å²) in [6.45, 7) is 0. The van der Waals surface area contributed by atoms with Crippen molar-refractivity contribution in [2.75, 3.05) is 0 Å². The van der Waals surface area contributed by atoms with Crippen LogP contribution in [0.4, 0.5) is 0 Å². The summed E-state index contributed by atoms with van der Waals surface area (Å²) in [5.74, 6) is 2.00. The minimum absolute atomic E-state index is 0.804. The van der Waals surface area contributed by atoms with Crippen molar-refractivity contribution in [2.45, 2.75) is 61.9 Å². The molecule has 2 heterocycles. The Hall–Kier alpha value is 0.620. The minimum atomic E-state index is 0.804. The van der Waals surface area contributed by atoms with Crippen molar-refractivity contribution in [1.29, 1.82) is 0 Å². The highest BCUT2D eigenvalue weighted by Gasteiger charge is 2.50. The summed E-state index contributed by atoms with van der Waals surface area (Å²) in [5, 5.41) is 4.83. The number of hydrogen-bond donors (Lipinski definition) is 2. The van der Waals surface area contributed by atoms with E-state index in [9.17, 15) is 0 Å². The van der Waals surface area contributed by atoms with Crippen LogP contribution >= 0.6 is 21.8 Å². The van der Waals surface area contributed by atoms with E-state index in [1.54, 1.807) is 0 Å². The van der Waals surface area contributed by atoms with Crippen molar-refractivity contribution in [3.05, 3.63) is 0 Å². The maximum Gasteiger partial charge on any atom is 0.0341 e. The van der Waals surface area contributed by atoms with E-state index in [0.717, 1.165) is 35.2 Å². The van der Waals surface area contributed by atoms with Gasteiger partial charge in [-0.25, -0.2) is 0 Å². The topological polar surface area (TPSA) is 24.1 Å². The average Bonchev–Trinajstić information content (AvgIpc) is 2.88. The normalized spacial score (nSPS) is 55.5. The lowest BCUT2D eigenvalue weighted by molar-refractivity contribution is 0.217. The third-order valence-corrected chi connectivity index (χ3v) is 7.73. The zero-order chi connectivity index (χ0) is 10.5. The molecule has 0 bridgehead atoms. The summed E-state index contributed by atoms with van der Waals surface area (Å²) in [7, 11) is 3.96. The second-order valence-electron chi connectivity index (χ2n) is 5.91. The number of fused-ring (bicyclic) bond motifs is 4. The van der Waals surface area contributed by atoms with Gasteiger partial charge in [0.1, 0.15) is 0 Å². The van der Waals surface area contributed by atoms with Crippen LogP contribution in [-0.4, -0.2) is 23.4 Å². The summed E-state index contributed by atoms with van der Waals surface area (Å²) < 4.78 is 3.62. The molecule has 4 aliphatic rings. The molecule has 2 nitrogen and oxygen atoms in total. The SMILES string of the molecule is C1CCC2C(C1)NC1CC3SSNC3CC12. The molecule has 2 aliphatic carbocycles. The van der Waals surface area contributed by atoms with Gasteiger partial charge in [0.05, 0.1) is 0 Å². The Balaban J connectivity index is 1.55. The highest BCUT2D eigenvalue weighted by molar-refractivity contribution is 8.76. The first-order chi connectivity index (χ1) is 7.92. The van der Waals surface area contributed by atoms with Crippen LogP contribution in [0.15, 0.2) is 0 Å². The van der Waals surface area contributed by atoms with Gasteiger partial charge >= 0.3 is 0 Å². The van der Waals surface area contributed by atoms with Crippen LogP contribution in [0.3, 0.4) is 0 Å². The maximum atomic E-state index is 3.96. The predicted octanol–water partition coefficient (Wildman–Crippen LogP) is 2.56. The highest BCUT2D eigenvalue weighted by Crippen LogP contribution is 2.50. The fraction of sp³-hybridized carbons (Fsp3) is 1.00. The molecule has 6 unspecified atom stereocenters. The van der Waals surface area contributed by atoms with Gasteiger partial charge in [0, 0.05) is 23.4 Å². The third kappa shape index (κ3) is 1.57. The molecule has 4 rings (SSSR count). The lowest BCUT2D eigenvalue weighted by Gasteiger charge is -2.36. The van der Waals surface area contributed by atoms with Crippen LogP contribution in [0.2, 0.25) is 0 Å². The molecule has 16 heavy (non-hydrogen) atoms. The van der Waals surface area contributed by atoms with E-state index in [4.69, 9.17) is 0 Å². The van der Waals surface area contributed by atoms with Gasteiger partial charge in [0.25, 0.3) is 0 Å². The fourth-order valence-electron chi connectivity index (χ4n) is 4.40. The molecular formula is C12H20N2S2. The standard InChI is InChI=1S/C12H20N2S2/c1-2-4-9-7(3-1)8-5-11-12(15-16-14-11)6-10(8)13-9/h7-14H,1-6H2. The molecular weight excluding hydrogens is 236 g/mol. The van der Waals surface area contributed by atoms with E-state index in [-0.39, 0.29) is 0 Å². The zero-order valence-corrected chi connectivity index (χ0v) is 11.2. The number of hydrogen-bond acceptors (Lipinski definition) is 4. The smallest absolute Gasteiger partial charge is 0.0341 e. The Morgan fingerprint density at radius 3 is 2.81 bits per heavy atom. The van der Waals surface area contributed by atoms with Gasteiger partial charge in [-0.1, -0.05) is 23.6 Å². The van der Waals surface area contributed by atoms with E-state index in [0.29, 0.717) is 0 Å². The zero-order valence-electron chi connectivity index (χ0n) is 9.52. The van der Waals surface area contributed by atoms with Crippen molar-refractivity contribution in [3.63, 3.8) is 0 Å². The molecule has 2 saturated heterocycles. The van der Waals surface area contributed by atoms with E-state index < -0.39 is 0 Å². The second kappa shape index (κ2) is 4.08. The van der Waals surface area contributed by atoms with Crippen LogP contribution < -0.4 is 10.0 Å². The lowest BCUT2D eigenvalue weighted by atomic mass is 9.72. The largest absolute Gasteiger partial charge is 0.311 e. The van der Waals surface area contributed by atoms with Crippen LogP contribution in [0, 0.1) is 11.8 Å². The maximum absolute atomic E-state index is 3.96. The molecule has 0 amide bonds. The molecule has 4 heteroatoms. The summed E-state index contributed by atoms with van der Waals surface area (Å²) in [6.07, 6.45) is 8.73. The van der Waals surface area contributed by atoms with Crippen LogP contribution in [0.5, 0.6) is 0 Å². The van der Waals surface area contributed by atoms with Crippen LogP contribution in [0.25, 0.3) is 0 Å². The number of nitrogens with one attached hydrogen (secondary N) is 2. The minimum Gasteiger partial charge on any atom is -0.311 e. The summed E-state index contributed by atoms with van der Waals surface area (Å²) in [6, 6.07) is 2.53. The van der Waals surface area contributed by atoms with Gasteiger partial charge in [-0.05, 0) is 48.5 Å². The summed E-state index contributed by atoms with van der Waals surface area (Å²) >= 11 is 0. The molecule has 2 saturated carbocycles. The van der Waals surface area contributed by atoms with E-state index in [2.05, 4.69) is 20.8 Å². The number of rotatable bonds is 0. The van der Waals surface area contributed by atoms with Crippen molar-refractivity contribution < 1.29 is 0 Å². The monoisotopic (exact) mass is 256 g/mol. The molecule has 6 atom stereocenters. The molecule has 90 valence electrons. The first-order valence-electron chi connectivity index (χ1n) is 6.76. The molecule has 0 aromatic heterocycles. The lowest BCUT2D eigenvalue weighted by Crippen LogP contribution is -2.44. The Kier molecular flexibility index (Phi) is 2.68. The van der Waals surface area contributed by atoms with Gasteiger partial charge < -0.3 is 5.32 Å². The van der Waals surface area contributed by atoms with Crippen LogP contribution in [0.1, 0.15) is 38.5 Å². The summed E-state index contributed by atoms with van der Waals surface area (Å²) in [4.78, 5) is 0. The van der Waals surface area contributed by atoms with Crippen molar-refractivity contribution in [2.24, 2.45) is 11.8 Å². The average molecular weight is 256 g/mol. The van der Waals surface area contributed by atoms with Gasteiger partial charge in [-0.15, -0.1) is 0 Å². The van der Waals surface area contributed by atoms with Gasteiger partial charge in [-0.3, -0.25) is 4.72 Å². The first kappa shape index (κ1) is 10.5. The Bertz CT molecular complexity index is 286. The molecule has 2 aliphatic heterocycles. The Morgan fingerprint density at radius 2 is 1.81 bits per heavy atom. The molecule has 0 radical (unpaired) electrons.